The maximum atomic E-state index is 11.5. The molecule has 2 aliphatic heterocycles. The monoisotopic (exact) mass is 653 g/mol. The van der Waals surface area contributed by atoms with Crippen LogP contribution in [0, 0.1) is 0 Å². The van der Waals surface area contributed by atoms with E-state index in [0.717, 1.165) is 19.3 Å². The molecule has 0 amide bonds. The summed E-state index contributed by atoms with van der Waals surface area (Å²) in [5.41, 5.74) is 10.1. The lowest BCUT2D eigenvalue weighted by Gasteiger charge is -2.25. The third-order valence-electron chi connectivity index (χ3n) is 10.7. The van der Waals surface area contributed by atoms with E-state index in [1.807, 2.05) is 0 Å². The second-order valence-electron chi connectivity index (χ2n) is 14.4. The van der Waals surface area contributed by atoms with Crippen LogP contribution in [0.5, 0.6) is 0 Å². The van der Waals surface area contributed by atoms with E-state index in [2.05, 4.69) is 148 Å². The Morgan fingerprint density at radius 2 is 1.52 bits per heavy atom. The van der Waals surface area contributed by atoms with Gasteiger partial charge in [-0.15, -0.1) is 11.8 Å². The number of carboxylic acid groups (broad SMARTS) is 1. The van der Waals surface area contributed by atoms with Gasteiger partial charge in [0.2, 0.25) is 5.69 Å². The van der Waals surface area contributed by atoms with Gasteiger partial charge in [0, 0.05) is 52.2 Å². The molecule has 5 heteroatoms. The van der Waals surface area contributed by atoms with Gasteiger partial charge in [0.1, 0.15) is 7.05 Å². The van der Waals surface area contributed by atoms with E-state index in [1.165, 1.54) is 71.5 Å². The van der Waals surface area contributed by atoms with Gasteiger partial charge in [-0.2, -0.15) is 4.58 Å². The summed E-state index contributed by atoms with van der Waals surface area (Å²) < 4.78 is 2.35. The number of aliphatic carboxylic acids is 1. The molecular formula is C43H45N2O2S+. The van der Waals surface area contributed by atoms with E-state index in [-0.39, 0.29) is 17.3 Å². The molecule has 0 radical (unpaired) electrons. The fraction of sp³-hybridized carbons (Fsp3) is 0.302. The first kappa shape index (κ1) is 32.2. The molecule has 244 valence electrons. The molecule has 4 aromatic rings. The van der Waals surface area contributed by atoms with Gasteiger partial charge in [-0.25, -0.2) is 0 Å². The lowest BCUT2D eigenvalue weighted by atomic mass is 9.78. The maximum Gasteiger partial charge on any atom is 0.304 e. The van der Waals surface area contributed by atoms with Gasteiger partial charge in [0.25, 0.3) is 0 Å². The highest BCUT2D eigenvalue weighted by molar-refractivity contribution is 8.03. The van der Waals surface area contributed by atoms with Crippen LogP contribution in [0.15, 0.2) is 119 Å². The Labute approximate surface area is 288 Å². The molecule has 0 saturated carbocycles. The summed E-state index contributed by atoms with van der Waals surface area (Å²) >= 11 is 1.70. The Bertz CT molecular complexity index is 2140. The summed E-state index contributed by atoms with van der Waals surface area (Å²) in [7, 11) is 4.36. The minimum absolute atomic E-state index is 0.146. The number of carboxylic acids is 1. The van der Waals surface area contributed by atoms with E-state index in [0.29, 0.717) is 5.75 Å². The fourth-order valence-electron chi connectivity index (χ4n) is 8.39. The lowest BCUT2D eigenvalue weighted by molar-refractivity contribution is -0.401. The molecule has 48 heavy (non-hydrogen) atoms. The van der Waals surface area contributed by atoms with Gasteiger partial charge in [-0.1, -0.05) is 80.6 Å². The van der Waals surface area contributed by atoms with Crippen LogP contribution in [-0.4, -0.2) is 41.2 Å². The highest BCUT2D eigenvalue weighted by Gasteiger charge is 2.44. The van der Waals surface area contributed by atoms with E-state index < -0.39 is 5.97 Å². The summed E-state index contributed by atoms with van der Waals surface area (Å²) in [6.07, 6.45) is 12.5. The van der Waals surface area contributed by atoms with Gasteiger partial charge in [-0.3, -0.25) is 4.79 Å². The van der Waals surface area contributed by atoms with Gasteiger partial charge in [0.05, 0.1) is 11.8 Å². The van der Waals surface area contributed by atoms with Crippen LogP contribution in [0.2, 0.25) is 0 Å². The predicted octanol–water partition coefficient (Wildman–Crippen LogP) is 10.4. The Balaban J connectivity index is 1.27. The molecule has 0 fully saturated rings. The van der Waals surface area contributed by atoms with Crippen molar-refractivity contribution in [2.24, 2.45) is 0 Å². The van der Waals surface area contributed by atoms with Gasteiger partial charge in [0.15, 0.2) is 5.71 Å². The number of benzene rings is 4. The normalized spacial score (nSPS) is 20.2. The molecule has 0 bridgehead atoms. The molecule has 1 N–H and O–H groups in total. The van der Waals surface area contributed by atoms with Crippen molar-refractivity contribution in [2.45, 2.75) is 64.2 Å². The van der Waals surface area contributed by atoms with E-state index in [9.17, 15) is 9.90 Å². The number of hydrogen-bond acceptors (Lipinski definition) is 3. The number of allylic oxidation sites excluding steroid dienone is 7. The molecule has 0 saturated heterocycles. The number of anilines is 1. The number of nitrogens with zero attached hydrogens (tertiary/aromatic N) is 2. The van der Waals surface area contributed by atoms with Crippen LogP contribution >= 0.6 is 11.8 Å². The highest BCUT2D eigenvalue weighted by Crippen LogP contribution is 2.50. The zero-order valence-electron chi connectivity index (χ0n) is 28.9. The molecule has 0 spiro atoms. The van der Waals surface area contributed by atoms with Crippen molar-refractivity contribution in [1.29, 1.82) is 0 Å². The van der Waals surface area contributed by atoms with Crippen LogP contribution in [0.25, 0.3) is 21.5 Å². The van der Waals surface area contributed by atoms with Gasteiger partial charge >= 0.3 is 5.97 Å². The molecule has 0 unspecified atom stereocenters. The quantitative estimate of drug-likeness (QED) is 0.202. The van der Waals surface area contributed by atoms with Crippen LogP contribution in [0.3, 0.4) is 0 Å². The summed E-state index contributed by atoms with van der Waals surface area (Å²) in [5.74, 6) is -0.198. The summed E-state index contributed by atoms with van der Waals surface area (Å²) in [4.78, 5) is 15.1. The lowest BCUT2D eigenvalue weighted by Crippen LogP contribution is -2.27. The van der Waals surface area contributed by atoms with Crippen molar-refractivity contribution in [3.05, 3.63) is 130 Å². The SMILES string of the molecule is CN1C(=CC=C2CCCC(C=CC3=[N+](C)c4ccc5ccccc5c4C3(C)C)=C2SCCC(=O)O)C(C)(C)c2c1ccc1ccccc21. The molecule has 2 heterocycles. The first-order valence-electron chi connectivity index (χ1n) is 17.1. The van der Waals surface area contributed by atoms with Gasteiger partial charge < -0.3 is 10.0 Å². The Morgan fingerprint density at radius 1 is 0.854 bits per heavy atom. The van der Waals surface area contributed by atoms with Crippen molar-refractivity contribution in [3.8, 4) is 0 Å². The molecule has 1 aliphatic carbocycles. The third kappa shape index (κ3) is 5.33. The molecule has 7 rings (SSSR count). The van der Waals surface area contributed by atoms with Crippen LogP contribution < -0.4 is 4.90 Å². The number of carbonyl (C=O) groups is 1. The fourth-order valence-corrected chi connectivity index (χ4v) is 9.58. The van der Waals surface area contributed by atoms with Crippen molar-refractivity contribution in [1.82, 2.24) is 0 Å². The summed E-state index contributed by atoms with van der Waals surface area (Å²) in [5, 5.41) is 14.6. The van der Waals surface area contributed by atoms with Crippen molar-refractivity contribution >= 4 is 56.4 Å². The van der Waals surface area contributed by atoms with Crippen LogP contribution in [0.4, 0.5) is 11.4 Å². The van der Waals surface area contributed by atoms with E-state index >= 15 is 0 Å². The second kappa shape index (κ2) is 12.3. The summed E-state index contributed by atoms with van der Waals surface area (Å²) in [6.45, 7) is 9.32. The molecule has 4 aromatic carbocycles. The topological polar surface area (TPSA) is 43.5 Å². The minimum atomic E-state index is -0.752. The largest absolute Gasteiger partial charge is 0.481 e. The molecule has 3 aliphatic rings. The molecule has 4 nitrogen and oxygen atoms in total. The highest BCUT2D eigenvalue weighted by atomic mass is 32.2. The minimum Gasteiger partial charge on any atom is -0.481 e. The Kier molecular flexibility index (Phi) is 8.23. The predicted molar refractivity (Wildman–Crippen MR) is 204 cm³/mol. The van der Waals surface area contributed by atoms with Crippen LogP contribution in [0.1, 0.15) is 64.5 Å². The smallest absolute Gasteiger partial charge is 0.304 e. The Hall–Kier alpha value is -4.35. The standard InChI is InChI=1S/C43H44N2O2S/c1-42(2)36(44(5)34-22-18-28-12-7-9-16-32(28)39(34)42)24-20-30-14-11-15-31(41(30)48-27-26-38(46)47)21-25-37-43(3,4)40-33-17-10-8-13-29(33)19-23-35(40)45(37)6/h7-10,12-13,16-25H,11,14-15,26-27H2,1-6H3/p+1. The summed E-state index contributed by atoms with van der Waals surface area (Å²) in [6, 6.07) is 26.3. The van der Waals surface area contributed by atoms with Crippen molar-refractivity contribution < 1.29 is 14.5 Å². The number of thioether (sulfide) groups is 1. The van der Waals surface area contributed by atoms with Gasteiger partial charge in [-0.05, 0) is 89.6 Å². The van der Waals surface area contributed by atoms with E-state index in [1.54, 1.807) is 11.8 Å². The third-order valence-corrected chi connectivity index (χ3v) is 11.9. The zero-order chi connectivity index (χ0) is 33.8. The average molecular weight is 654 g/mol. The first-order chi connectivity index (χ1) is 23.0. The molecule has 0 atom stereocenters. The first-order valence-corrected chi connectivity index (χ1v) is 18.1. The maximum absolute atomic E-state index is 11.5. The van der Waals surface area contributed by atoms with Crippen LogP contribution in [-0.2, 0) is 15.6 Å². The number of hydrogen-bond donors (Lipinski definition) is 1. The molecular weight excluding hydrogens is 609 g/mol. The number of fused-ring (bicyclic) bond motifs is 6. The van der Waals surface area contributed by atoms with Crippen molar-refractivity contribution in [2.75, 3.05) is 24.7 Å². The zero-order valence-corrected chi connectivity index (χ0v) is 29.7. The number of rotatable bonds is 7. The average Bonchev–Trinajstić information content (AvgIpc) is 3.39. The molecule has 0 aromatic heterocycles. The Morgan fingerprint density at radius 3 is 2.23 bits per heavy atom. The second-order valence-corrected chi connectivity index (χ2v) is 15.5. The van der Waals surface area contributed by atoms with E-state index in [4.69, 9.17) is 0 Å². The number of likely N-dealkylation sites (N-methyl/N-ethyl adjacent to an activating group) is 1. The van der Waals surface area contributed by atoms with Crippen molar-refractivity contribution in [3.63, 3.8) is 0 Å².